The van der Waals surface area contributed by atoms with Crippen molar-refractivity contribution in [2.75, 3.05) is 6.61 Å². The monoisotopic (exact) mass is 366 g/mol. The van der Waals surface area contributed by atoms with Gasteiger partial charge in [-0.3, -0.25) is 0 Å². The molecule has 0 bridgehead atoms. The molecule has 6 nitrogen and oxygen atoms in total. The largest absolute Gasteiger partial charge is 0.459 e. The van der Waals surface area contributed by atoms with Gasteiger partial charge in [-0.2, -0.15) is 0 Å². The molecule has 0 unspecified atom stereocenters. The van der Waals surface area contributed by atoms with E-state index in [4.69, 9.17) is 14.2 Å². The fraction of sp³-hybridized carbons (Fsp3) is 0.238. The lowest BCUT2D eigenvalue weighted by atomic mass is 9.89. The maximum atomic E-state index is 12.2. The molecule has 1 N–H and O–H groups in total. The lowest BCUT2D eigenvalue weighted by Gasteiger charge is -2.28. The number of hydrogen-bond acceptors (Lipinski definition) is 6. The Morgan fingerprint density at radius 3 is 2.15 bits per heavy atom. The van der Waals surface area contributed by atoms with E-state index in [9.17, 15) is 14.7 Å². The Morgan fingerprint density at radius 2 is 1.52 bits per heavy atom. The summed E-state index contributed by atoms with van der Waals surface area (Å²) in [6, 6.07) is 17.1. The van der Waals surface area contributed by atoms with Gasteiger partial charge in [0, 0.05) is 0 Å². The highest BCUT2D eigenvalue weighted by Gasteiger charge is 2.65. The zero-order valence-electron chi connectivity index (χ0n) is 14.4. The SMILES string of the molecule is O=C(OC[C@]12O[C@@H]1C=C[C@H](OC(=O)c1ccccc1)[C@@H]2O)c1ccccc1. The third-order valence-electron chi connectivity index (χ3n) is 4.75. The van der Waals surface area contributed by atoms with E-state index in [-0.39, 0.29) is 12.7 Å². The Hall–Kier alpha value is -2.96. The second-order valence-corrected chi connectivity index (χ2v) is 6.50. The lowest BCUT2D eigenvalue weighted by molar-refractivity contribution is -0.0486. The van der Waals surface area contributed by atoms with Gasteiger partial charge in [-0.15, -0.1) is 0 Å². The Labute approximate surface area is 156 Å². The molecule has 6 heteroatoms. The summed E-state index contributed by atoms with van der Waals surface area (Å²) in [5.41, 5.74) is -0.277. The second kappa shape index (κ2) is 6.98. The van der Waals surface area contributed by atoms with Crippen LogP contribution >= 0.6 is 0 Å². The molecule has 0 saturated carbocycles. The zero-order chi connectivity index (χ0) is 18.9. The van der Waals surface area contributed by atoms with Crippen LogP contribution in [0.1, 0.15) is 20.7 Å². The van der Waals surface area contributed by atoms with E-state index in [0.29, 0.717) is 11.1 Å². The molecule has 1 saturated heterocycles. The maximum Gasteiger partial charge on any atom is 0.338 e. The number of aliphatic hydroxyl groups is 1. The van der Waals surface area contributed by atoms with Crippen LogP contribution in [-0.4, -0.2) is 47.6 Å². The molecule has 2 aliphatic rings. The van der Waals surface area contributed by atoms with E-state index in [0.717, 1.165) is 0 Å². The standard InChI is InChI=1S/C21H18O6/c22-18-16(26-20(24)15-9-5-2-6-10-15)11-12-17-21(18,27-17)13-25-19(23)14-7-3-1-4-8-14/h1-12,16-18,22H,13H2/t16-,17+,18-,21-/m0/s1. The van der Waals surface area contributed by atoms with Gasteiger partial charge in [0.15, 0.2) is 5.60 Å². The van der Waals surface area contributed by atoms with Gasteiger partial charge in [-0.1, -0.05) is 42.5 Å². The number of hydrogen-bond donors (Lipinski definition) is 1. The predicted molar refractivity (Wildman–Crippen MR) is 95.1 cm³/mol. The van der Waals surface area contributed by atoms with Crippen LogP contribution in [-0.2, 0) is 14.2 Å². The molecule has 0 radical (unpaired) electrons. The van der Waals surface area contributed by atoms with Gasteiger partial charge in [0.05, 0.1) is 11.1 Å². The van der Waals surface area contributed by atoms with Crippen LogP contribution in [0.4, 0.5) is 0 Å². The van der Waals surface area contributed by atoms with E-state index >= 15 is 0 Å². The van der Waals surface area contributed by atoms with Gasteiger partial charge < -0.3 is 19.3 Å². The number of carbonyl (C=O) groups excluding carboxylic acids is 2. The molecule has 4 atom stereocenters. The third kappa shape index (κ3) is 3.37. The summed E-state index contributed by atoms with van der Waals surface area (Å²) in [5.74, 6) is -1.04. The van der Waals surface area contributed by atoms with E-state index < -0.39 is 29.7 Å². The van der Waals surface area contributed by atoms with Crippen LogP contribution in [0.3, 0.4) is 0 Å². The first kappa shape index (κ1) is 17.5. The zero-order valence-corrected chi connectivity index (χ0v) is 14.4. The molecule has 1 fully saturated rings. The van der Waals surface area contributed by atoms with Crippen molar-refractivity contribution in [3.8, 4) is 0 Å². The number of fused-ring (bicyclic) bond motifs is 1. The molecule has 0 spiro atoms. The van der Waals surface area contributed by atoms with Crippen molar-refractivity contribution in [3.63, 3.8) is 0 Å². The number of ether oxygens (including phenoxy) is 3. The van der Waals surface area contributed by atoms with Crippen LogP contribution < -0.4 is 0 Å². The number of benzene rings is 2. The molecule has 27 heavy (non-hydrogen) atoms. The summed E-state index contributed by atoms with van der Waals surface area (Å²) in [4.78, 5) is 24.4. The van der Waals surface area contributed by atoms with Crippen molar-refractivity contribution in [2.24, 2.45) is 0 Å². The Morgan fingerprint density at radius 1 is 0.926 bits per heavy atom. The molecule has 4 rings (SSSR count). The van der Waals surface area contributed by atoms with E-state index in [1.54, 1.807) is 72.8 Å². The van der Waals surface area contributed by atoms with Crippen LogP contribution in [0.5, 0.6) is 0 Å². The first-order valence-electron chi connectivity index (χ1n) is 8.62. The molecule has 2 aromatic rings. The minimum absolute atomic E-state index is 0.129. The summed E-state index contributed by atoms with van der Waals surface area (Å²) >= 11 is 0. The van der Waals surface area contributed by atoms with Crippen LogP contribution in [0.25, 0.3) is 0 Å². The summed E-state index contributed by atoms with van der Waals surface area (Å²) in [7, 11) is 0. The normalized spacial score (nSPS) is 28.1. The van der Waals surface area contributed by atoms with Crippen molar-refractivity contribution in [1.82, 2.24) is 0 Å². The van der Waals surface area contributed by atoms with E-state index in [1.165, 1.54) is 0 Å². The fourth-order valence-corrected chi connectivity index (χ4v) is 3.14. The average molecular weight is 366 g/mol. The number of esters is 2. The topological polar surface area (TPSA) is 85.4 Å². The minimum atomic E-state index is -1.14. The Bertz CT molecular complexity index is 863. The Kier molecular flexibility index (Phi) is 4.51. The van der Waals surface area contributed by atoms with E-state index in [1.807, 2.05) is 0 Å². The van der Waals surface area contributed by atoms with Crippen molar-refractivity contribution >= 4 is 11.9 Å². The van der Waals surface area contributed by atoms with Crippen LogP contribution in [0, 0.1) is 0 Å². The number of epoxide rings is 1. The highest BCUT2D eigenvalue weighted by molar-refractivity contribution is 5.90. The maximum absolute atomic E-state index is 12.2. The second-order valence-electron chi connectivity index (χ2n) is 6.50. The molecule has 0 amide bonds. The first-order valence-corrected chi connectivity index (χ1v) is 8.62. The first-order chi connectivity index (χ1) is 13.1. The minimum Gasteiger partial charge on any atom is -0.459 e. The molecule has 1 aliphatic heterocycles. The molecular weight excluding hydrogens is 348 g/mol. The number of carbonyl (C=O) groups is 2. The molecule has 1 aliphatic carbocycles. The smallest absolute Gasteiger partial charge is 0.338 e. The number of rotatable bonds is 5. The third-order valence-corrected chi connectivity index (χ3v) is 4.75. The predicted octanol–water partition coefficient (Wildman–Crippen LogP) is 2.14. The molecule has 1 heterocycles. The summed E-state index contributed by atoms with van der Waals surface area (Å²) in [6.07, 6.45) is 0.922. The van der Waals surface area contributed by atoms with Gasteiger partial charge in [0.25, 0.3) is 0 Å². The van der Waals surface area contributed by atoms with E-state index in [2.05, 4.69) is 0 Å². The van der Waals surface area contributed by atoms with Crippen molar-refractivity contribution in [1.29, 1.82) is 0 Å². The Balaban J connectivity index is 1.41. The van der Waals surface area contributed by atoms with Gasteiger partial charge in [-0.05, 0) is 30.3 Å². The fourth-order valence-electron chi connectivity index (χ4n) is 3.14. The molecule has 2 aromatic carbocycles. The molecule has 138 valence electrons. The number of aliphatic hydroxyl groups excluding tert-OH is 1. The van der Waals surface area contributed by atoms with Gasteiger partial charge in [0.1, 0.15) is 24.9 Å². The van der Waals surface area contributed by atoms with Crippen molar-refractivity contribution in [3.05, 3.63) is 83.9 Å². The summed E-state index contributed by atoms with van der Waals surface area (Å²) in [5, 5.41) is 10.7. The highest BCUT2D eigenvalue weighted by atomic mass is 16.7. The van der Waals surface area contributed by atoms with Gasteiger partial charge in [0.2, 0.25) is 0 Å². The molecule has 0 aromatic heterocycles. The van der Waals surface area contributed by atoms with Gasteiger partial charge >= 0.3 is 11.9 Å². The van der Waals surface area contributed by atoms with Gasteiger partial charge in [-0.25, -0.2) is 9.59 Å². The van der Waals surface area contributed by atoms with Crippen molar-refractivity contribution < 1.29 is 28.9 Å². The van der Waals surface area contributed by atoms with Crippen LogP contribution in [0.2, 0.25) is 0 Å². The summed E-state index contributed by atoms with van der Waals surface area (Å²) < 4.78 is 16.3. The lowest BCUT2D eigenvalue weighted by Crippen LogP contribution is -2.48. The average Bonchev–Trinajstić information content (AvgIpc) is 3.45. The summed E-state index contributed by atoms with van der Waals surface area (Å²) in [6.45, 7) is -0.129. The van der Waals surface area contributed by atoms with Crippen molar-refractivity contribution in [2.45, 2.75) is 23.9 Å². The van der Waals surface area contributed by atoms with Crippen LogP contribution in [0.15, 0.2) is 72.8 Å². The quantitative estimate of drug-likeness (QED) is 0.496. The highest BCUT2D eigenvalue weighted by Crippen LogP contribution is 2.46. The molecular formula is C21H18O6.